The highest BCUT2D eigenvalue weighted by Crippen LogP contribution is 2.32. The predicted octanol–water partition coefficient (Wildman–Crippen LogP) is 3.86. The molecule has 0 aliphatic heterocycles. The fourth-order valence-electron chi connectivity index (χ4n) is 2.26. The van der Waals surface area contributed by atoms with Gasteiger partial charge in [-0.2, -0.15) is 0 Å². The minimum atomic E-state index is 0.529. The van der Waals surface area contributed by atoms with Gasteiger partial charge in [-0.3, -0.25) is 0 Å². The number of benzene rings is 2. The van der Waals surface area contributed by atoms with Gasteiger partial charge in [0.15, 0.2) is 11.5 Å². The Morgan fingerprint density at radius 2 is 1.86 bits per heavy atom. The van der Waals surface area contributed by atoms with E-state index >= 15 is 0 Å². The van der Waals surface area contributed by atoms with Crippen LogP contribution in [0.3, 0.4) is 0 Å². The fraction of sp³-hybridized carbons (Fsp3) is 0.263. The molecule has 2 aromatic carbocycles. The maximum atomic E-state index is 6.07. The third-order valence-corrected chi connectivity index (χ3v) is 3.52. The van der Waals surface area contributed by atoms with E-state index in [0.717, 1.165) is 23.6 Å². The first-order valence-electron chi connectivity index (χ1n) is 7.41. The Morgan fingerprint density at radius 3 is 2.59 bits per heavy atom. The third kappa shape index (κ3) is 4.12. The summed E-state index contributed by atoms with van der Waals surface area (Å²) in [5.41, 5.74) is 3.48. The Morgan fingerprint density at radius 1 is 1.09 bits per heavy atom. The van der Waals surface area contributed by atoms with E-state index in [2.05, 4.69) is 31.0 Å². The van der Waals surface area contributed by atoms with Gasteiger partial charge in [0.05, 0.1) is 7.11 Å². The summed E-state index contributed by atoms with van der Waals surface area (Å²) in [6.07, 6.45) is 1.84. The SMILES string of the molecule is C=CCNCc1cccc(OC)c1OCc1ccccc1C. The van der Waals surface area contributed by atoms with Gasteiger partial charge in [0.2, 0.25) is 0 Å². The fourth-order valence-corrected chi connectivity index (χ4v) is 2.26. The van der Waals surface area contributed by atoms with Crippen molar-refractivity contribution in [1.82, 2.24) is 5.32 Å². The molecule has 0 saturated carbocycles. The van der Waals surface area contributed by atoms with Crippen molar-refractivity contribution in [2.24, 2.45) is 0 Å². The van der Waals surface area contributed by atoms with E-state index in [-0.39, 0.29) is 0 Å². The smallest absolute Gasteiger partial charge is 0.166 e. The van der Waals surface area contributed by atoms with Gasteiger partial charge in [-0.1, -0.05) is 42.5 Å². The zero-order valence-corrected chi connectivity index (χ0v) is 13.3. The topological polar surface area (TPSA) is 30.5 Å². The number of ether oxygens (including phenoxy) is 2. The summed E-state index contributed by atoms with van der Waals surface area (Å²) in [4.78, 5) is 0. The molecule has 0 saturated heterocycles. The van der Waals surface area contributed by atoms with E-state index in [4.69, 9.17) is 9.47 Å². The highest BCUT2D eigenvalue weighted by Gasteiger charge is 2.11. The van der Waals surface area contributed by atoms with Gasteiger partial charge in [0, 0.05) is 18.7 Å². The Hall–Kier alpha value is -2.26. The average molecular weight is 297 g/mol. The van der Waals surface area contributed by atoms with Crippen molar-refractivity contribution in [3.05, 3.63) is 71.8 Å². The lowest BCUT2D eigenvalue weighted by molar-refractivity contribution is 0.280. The molecular weight excluding hydrogens is 274 g/mol. The molecule has 0 bridgehead atoms. The molecule has 0 amide bonds. The molecule has 0 heterocycles. The molecule has 0 aliphatic rings. The second-order valence-electron chi connectivity index (χ2n) is 5.08. The summed E-state index contributed by atoms with van der Waals surface area (Å²) in [6, 6.07) is 14.2. The quantitative estimate of drug-likeness (QED) is 0.593. The molecule has 2 rings (SSSR count). The van der Waals surface area contributed by atoms with Gasteiger partial charge in [-0.25, -0.2) is 0 Å². The Balaban J connectivity index is 2.16. The van der Waals surface area contributed by atoms with Crippen LogP contribution in [0.15, 0.2) is 55.1 Å². The van der Waals surface area contributed by atoms with Crippen LogP contribution in [0.2, 0.25) is 0 Å². The molecule has 0 aromatic heterocycles. The zero-order valence-electron chi connectivity index (χ0n) is 13.3. The Kier molecular flexibility index (Phi) is 6.04. The van der Waals surface area contributed by atoms with Crippen LogP contribution in [0.1, 0.15) is 16.7 Å². The van der Waals surface area contributed by atoms with E-state index in [0.29, 0.717) is 13.2 Å². The molecule has 1 N–H and O–H groups in total. The van der Waals surface area contributed by atoms with E-state index in [1.54, 1.807) is 7.11 Å². The number of nitrogens with one attached hydrogen (secondary N) is 1. The molecule has 0 unspecified atom stereocenters. The molecule has 0 radical (unpaired) electrons. The van der Waals surface area contributed by atoms with Gasteiger partial charge in [0.1, 0.15) is 6.61 Å². The van der Waals surface area contributed by atoms with E-state index in [9.17, 15) is 0 Å². The van der Waals surface area contributed by atoms with Crippen molar-refractivity contribution in [3.8, 4) is 11.5 Å². The largest absolute Gasteiger partial charge is 0.493 e. The van der Waals surface area contributed by atoms with Crippen molar-refractivity contribution in [2.45, 2.75) is 20.1 Å². The highest BCUT2D eigenvalue weighted by molar-refractivity contribution is 5.46. The molecule has 22 heavy (non-hydrogen) atoms. The molecule has 0 spiro atoms. The first-order chi connectivity index (χ1) is 10.8. The maximum Gasteiger partial charge on any atom is 0.166 e. The average Bonchev–Trinajstić information content (AvgIpc) is 2.55. The van der Waals surface area contributed by atoms with Crippen LogP contribution in [0.25, 0.3) is 0 Å². The lowest BCUT2D eigenvalue weighted by Crippen LogP contribution is -2.14. The number of methoxy groups -OCH3 is 1. The molecule has 116 valence electrons. The molecule has 0 aliphatic carbocycles. The van der Waals surface area contributed by atoms with Gasteiger partial charge in [-0.05, 0) is 24.1 Å². The monoisotopic (exact) mass is 297 g/mol. The van der Waals surface area contributed by atoms with Crippen LogP contribution in [-0.2, 0) is 13.2 Å². The Bertz CT molecular complexity index is 623. The number of aryl methyl sites for hydroxylation is 1. The minimum absolute atomic E-state index is 0.529. The summed E-state index contributed by atoms with van der Waals surface area (Å²) in [5.74, 6) is 1.55. The van der Waals surface area contributed by atoms with Crippen LogP contribution in [0.4, 0.5) is 0 Å². The first kappa shape index (κ1) is 16.1. The van der Waals surface area contributed by atoms with Crippen molar-refractivity contribution in [2.75, 3.05) is 13.7 Å². The second-order valence-corrected chi connectivity index (χ2v) is 5.08. The van der Waals surface area contributed by atoms with Crippen molar-refractivity contribution in [3.63, 3.8) is 0 Å². The van der Waals surface area contributed by atoms with Gasteiger partial charge in [0.25, 0.3) is 0 Å². The normalized spacial score (nSPS) is 10.3. The van der Waals surface area contributed by atoms with Crippen molar-refractivity contribution in [1.29, 1.82) is 0 Å². The number of hydrogen-bond acceptors (Lipinski definition) is 3. The van der Waals surface area contributed by atoms with Crippen LogP contribution in [0.5, 0.6) is 11.5 Å². The summed E-state index contributed by atoms with van der Waals surface area (Å²) < 4.78 is 11.5. The van der Waals surface area contributed by atoms with E-state index in [1.165, 1.54) is 11.1 Å². The molecule has 3 nitrogen and oxygen atoms in total. The number of hydrogen-bond donors (Lipinski definition) is 1. The van der Waals surface area contributed by atoms with Gasteiger partial charge in [-0.15, -0.1) is 6.58 Å². The summed E-state index contributed by atoms with van der Waals surface area (Å²) in [6.45, 7) is 7.81. The minimum Gasteiger partial charge on any atom is -0.493 e. The van der Waals surface area contributed by atoms with Crippen LogP contribution in [-0.4, -0.2) is 13.7 Å². The second kappa shape index (κ2) is 8.25. The number of rotatable bonds is 8. The van der Waals surface area contributed by atoms with Crippen LogP contribution >= 0.6 is 0 Å². The summed E-state index contributed by atoms with van der Waals surface area (Å²) in [5, 5.41) is 3.30. The standard InChI is InChI=1S/C19H23NO2/c1-4-12-20-13-16-10-7-11-18(21-3)19(16)22-14-17-9-6-5-8-15(17)2/h4-11,20H,1,12-14H2,2-3H3. The van der Waals surface area contributed by atoms with Gasteiger partial charge < -0.3 is 14.8 Å². The van der Waals surface area contributed by atoms with Crippen molar-refractivity contribution < 1.29 is 9.47 Å². The van der Waals surface area contributed by atoms with Gasteiger partial charge >= 0.3 is 0 Å². The highest BCUT2D eigenvalue weighted by atomic mass is 16.5. The maximum absolute atomic E-state index is 6.07. The predicted molar refractivity (Wildman–Crippen MR) is 90.4 cm³/mol. The molecule has 2 aromatic rings. The van der Waals surface area contributed by atoms with Crippen LogP contribution < -0.4 is 14.8 Å². The molecule has 3 heteroatoms. The summed E-state index contributed by atoms with van der Waals surface area (Å²) >= 11 is 0. The molecule has 0 atom stereocenters. The first-order valence-corrected chi connectivity index (χ1v) is 7.41. The molecular formula is C19H23NO2. The zero-order chi connectivity index (χ0) is 15.8. The van der Waals surface area contributed by atoms with Crippen molar-refractivity contribution >= 4 is 0 Å². The Labute approximate surface area is 132 Å². The summed E-state index contributed by atoms with van der Waals surface area (Å²) in [7, 11) is 1.66. The number of para-hydroxylation sites is 1. The lowest BCUT2D eigenvalue weighted by atomic mass is 10.1. The van der Waals surface area contributed by atoms with Crippen LogP contribution in [0, 0.1) is 6.92 Å². The van der Waals surface area contributed by atoms with E-state index < -0.39 is 0 Å². The molecule has 0 fully saturated rings. The van der Waals surface area contributed by atoms with E-state index in [1.807, 2.05) is 36.4 Å². The lowest BCUT2D eigenvalue weighted by Gasteiger charge is -2.16. The third-order valence-electron chi connectivity index (χ3n) is 3.52.